The van der Waals surface area contributed by atoms with Gasteiger partial charge < -0.3 is 19.2 Å². The Morgan fingerprint density at radius 1 is 1.24 bits per heavy atom. The zero-order valence-electron chi connectivity index (χ0n) is 11.5. The van der Waals surface area contributed by atoms with E-state index in [4.69, 9.17) is 13.9 Å². The van der Waals surface area contributed by atoms with Gasteiger partial charge in [-0.3, -0.25) is 4.79 Å². The molecule has 0 unspecified atom stereocenters. The summed E-state index contributed by atoms with van der Waals surface area (Å²) < 4.78 is 15.0. The fraction of sp³-hybridized carbons (Fsp3) is 0.200. The second-order valence-electron chi connectivity index (χ2n) is 4.05. The molecule has 6 nitrogen and oxygen atoms in total. The number of furan rings is 1. The minimum atomic E-state index is -0.442. The molecule has 0 aliphatic heterocycles. The first-order valence-electron chi connectivity index (χ1n) is 6.42. The molecule has 1 aromatic carbocycles. The topological polar surface area (TPSA) is 77.8 Å². The van der Waals surface area contributed by atoms with Crippen molar-refractivity contribution in [3.63, 3.8) is 0 Å². The van der Waals surface area contributed by atoms with Crippen LogP contribution in [0.1, 0.15) is 17.5 Å². The molecular formula is C15H15NO5. The molecule has 2 aromatic rings. The van der Waals surface area contributed by atoms with Gasteiger partial charge in [-0.15, -0.1) is 0 Å². The molecular weight excluding hydrogens is 274 g/mol. The first-order valence-corrected chi connectivity index (χ1v) is 6.42. The maximum atomic E-state index is 11.8. The molecule has 6 heteroatoms. The summed E-state index contributed by atoms with van der Waals surface area (Å²) in [6.45, 7) is 1.85. The van der Waals surface area contributed by atoms with Crippen molar-refractivity contribution in [2.75, 3.05) is 18.5 Å². The van der Waals surface area contributed by atoms with Crippen molar-refractivity contribution in [3.05, 3.63) is 48.4 Å². The summed E-state index contributed by atoms with van der Waals surface area (Å²) in [7, 11) is 0. The molecule has 0 atom stereocenters. The Morgan fingerprint density at radius 2 is 2.10 bits per heavy atom. The van der Waals surface area contributed by atoms with Gasteiger partial charge in [-0.1, -0.05) is 6.07 Å². The van der Waals surface area contributed by atoms with Gasteiger partial charge in [-0.25, -0.2) is 4.79 Å². The van der Waals surface area contributed by atoms with Crippen LogP contribution >= 0.6 is 0 Å². The normalized spacial score (nSPS) is 9.95. The summed E-state index contributed by atoms with van der Waals surface area (Å²) in [5, 5.41) is 2.67. The van der Waals surface area contributed by atoms with E-state index in [1.807, 2.05) is 0 Å². The van der Waals surface area contributed by atoms with Crippen LogP contribution in [-0.2, 0) is 9.53 Å². The van der Waals surface area contributed by atoms with Gasteiger partial charge in [0.1, 0.15) is 5.75 Å². The number of amides is 1. The van der Waals surface area contributed by atoms with Crippen LogP contribution in [0.15, 0.2) is 47.1 Å². The summed E-state index contributed by atoms with van der Waals surface area (Å²) in [5.41, 5.74) is 0.540. The zero-order chi connectivity index (χ0) is 15.1. The Hall–Kier alpha value is -2.76. The van der Waals surface area contributed by atoms with Crippen molar-refractivity contribution < 1.29 is 23.5 Å². The minimum Gasteiger partial charge on any atom is -0.482 e. The van der Waals surface area contributed by atoms with E-state index < -0.39 is 5.97 Å². The van der Waals surface area contributed by atoms with Gasteiger partial charge in [-0.2, -0.15) is 0 Å². The Balaban J connectivity index is 1.94. The van der Waals surface area contributed by atoms with Crippen LogP contribution in [0.2, 0.25) is 0 Å². The van der Waals surface area contributed by atoms with Gasteiger partial charge in [0.15, 0.2) is 12.4 Å². The van der Waals surface area contributed by atoms with Crippen LogP contribution < -0.4 is 10.1 Å². The highest BCUT2D eigenvalue weighted by Gasteiger charge is 2.09. The molecule has 0 aliphatic carbocycles. The lowest BCUT2D eigenvalue weighted by molar-refractivity contribution is -0.145. The van der Waals surface area contributed by atoms with E-state index in [1.54, 1.807) is 43.3 Å². The fourth-order valence-electron chi connectivity index (χ4n) is 1.61. The van der Waals surface area contributed by atoms with Crippen molar-refractivity contribution in [2.24, 2.45) is 0 Å². The average Bonchev–Trinajstić information content (AvgIpc) is 3.00. The Bertz CT molecular complexity index is 606. The van der Waals surface area contributed by atoms with E-state index in [0.717, 1.165) is 0 Å². The zero-order valence-corrected chi connectivity index (χ0v) is 11.5. The number of esters is 1. The van der Waals surface area contributed by atoms with E-state index in [9.17, 15) is 9.59 Å². The third-order valence-electron chi connectivity index (χ3n) is 2.50. The minimum absolute atomic E-state index is 0.177. The molecule has 2 rings (SSSR count). The number of nitrogens with one attached hydrogen (secondary N) is 1. The van der Waals surface area contributed by atoms with Crippen LogP contribution in [0.3, 0.4) is 0 Å². The Morgan fingerprint density at radius 3 is 2.81 bits per heavy atom. The van der Waals surface area contributed by atoms with E-state index in [1.165, 1.54) is 6.26 Å². The number of hydrogen-bond donors (Lipinski definition) is 1. The lowest BCUT2D eigenvalue weighted by Gasteiger charge is -2.08. The first-order chi connectivity index (χ1) is 10.2. The second-order valence-corrected chi connectivity index (χ2v) is 4.05. The number of benzene rings is 1. The van der Waals surface area contributed by atoms with Crippen molar-refractivity contribution in [1.82, 2.24) is 0 Å². The number of hydrogen-bond acceptors (Lipinski definition) is 5. The summed E-state index contributed by atoms with van der Waals surface area (Å²) in [5.74, 6) is -0.127. The van der Waals surface area contributed by atoms with Crippen LogP contribution in [0.4, 0.5) is 5.69 Å². The van der Waals surface area contributed by atoms with E-state index >= 15 is 0 Å². The van der Waals surface area contributed by atoms with Gasteiger partial charge in [0.25, 0.3) is 5.91 Å². The maximum absolute atomic E-state index is 11.8. The number of anilines is 1. The molecule has 0 spiro atoms. The quantitative estimate of drug-likeness (QED) is 0.826. The van der Waals surface area contributed by atoms with Gasteiger partial charge in [0, 0.05) is 11.8 Å². The summed E-state index contributed by atoms with van der Waals surface area (Å²) in [4.78, 5) is 23.0. The molecule has 0 aliphatic rings. The third kappa shape index (κ3) is 4.38. The molecule has 0 bridgehead atoms. The number of carbonyl (C=O) groups is 2. The predicted molar refractivity (Wildman–Crippen MR) is 75.2 cm³/mol. The monoisotopic (exact) mass is 289 g/mol. The molecule has 1 amide bonds. The third-order valence-corrected chi connectivity index (χ3v) is 2.50. The van der Waals surface area contributed by atoms with Crippen molar-refractivity contribution in [3.8, 4) is 5.75 Å². The molecule has 1 heterocycles. The molecule has 0 fully saturated rings. The van der Waals surface area contributed by atoms with Crippen LogP contribution in [0, 0.1) is 0 Å². The van der Waals surface area contributed by atoms with Gasteiger partial charge >= 0.3 is 5.97 Å². The largest absolute Gasteiger partial charge is 0.482 e. The van der Waals surface area contributed by atoms with Crippen LogP contribution in [0.25, 0.3) is 0 Å². The van der Waals surface area contributed by atoms with Crippen LogP contribution in [0.5, 0.6) is 5.75 Å². The van der Waals surface area contributed by atoms with E-state index in [0.29, 0.717) is 18.0 Å². The summed E-state index contributed by atoms with van der Waals surface area (Å²) in [6.07, 6.45) is 1.42. The molecule has 0 radical (unpaired) electrons. The first kappa shape index (κ1) is 14.6. The standard InChI is InChI=1S/C15H15NO5/c1-2-19-14(17)10-21-12-6-3-5-11(9-12)16-15(18)13-7-4-8-20-13/h3-9H,2,10H2,1H3,(H,16,18). The average molecular weight is 289 g/mol. The van der Waals surface area contributed by atoms with E-state index in [2.05, 4.69) is 5.32 Å². The number of carbonyl (C=O) groups excluding carboxylic acids is 2. The van der Waals surface area contributed by atoms with Crippen molar-refractivity contribution in [1.29, 1.82) is 0 Å². The molecule has 21 heavy (non-hydrogen) atoms. The summed E-state index contributed by atoms with van der Waals surface area (Å²) in [6, 6.07) is 9.91. The van der Waals surface area contributed by atoms with E-state index in [-0.39, 0.29) is 18.3 Å². The molecule has 0 saturated heterocycles. The summed E-state index contributed by atoms with van der Waals surface area (Å²) >= 11 is 0. The maximum Gasteiger partial charge on any atom is 0.344 e. The highest BCUT2D eigenvalue weighted by molar-refractivity contribution is 6.02. The molecule has 110 valence electrons. The molecule has 1 aromatic heterocycles. The van der Waals surface area contributed by atoms with Gasteiger partial charge in [0.05, 0.1) is 12.9 Å². The van der Waals surface area contributed by atoms with Crippen molar-refractivity contribution >= 4 is 17.6 Å². The molecule has 0 saturated carbocycles. The lowest BCUT2D eigenvalue weighted by atomic mass is 10.3. The predicted octanol–water partition coefficient (Wildman–Crippen LogP) is 2.47. The van der Waals surface area contributed by atoms with Crippen molar-refractivity contribution in [2.45, 2.75) is 6.92 Å². The number of rotatable bonds is 6. The highest BCUT2D eigenvalue weighted by atomic mass is 16.6. The van der Waals surface area contributed by atoms with Gasteiger partial charge in [-0.05, 0) is 31.2 Å². The molecule has 1 N–H and O–H groups in total. The Kier molecular flexibility index (Phi) is 4.98. The number of ether oxygens (including phenoxy) is 2. The Labute approximate surface area is 121 Å². The van der Waals surface area contributed by atoms with Gasteiger partial charge in [0.2, 0.25) is 0 Å². The lowest BCUT2D eigenvalue weighted by Crippen LogP contribution is -2.15. The highest BCUT2D eigenvalue weighted by Crippen LogP contribution is 2.18. The smallest absolute Gasteiger partial charge is 0.344 e. The van der Waals surface area contributed by atoms with Crippen LogP contribution in [-0.4, -0.2) is 25.1 Å². The second kappa shape index (κ2) is 7.14. The SMILES string of the molecule is CCOC(=O)COc1cccc(NC(=O)c2ccco2)c1. The fourth-order valence-corrected chi connectivity index (χ4v) is 1.61.